The summed E-state index contributed by atoms with van der Waals surface area (Å²) in [5.74, 6) is -0.900. The van der Waals surface area contributed by atoms with Gasteiger partial charge in [-0.3, -0.25) is 14.4 Å². The predicted octanol–water partition coefficient (Wildman–Crippen LogP) is 22.2. The summed E-state index contributed by atoms with van der Waals surface area (Å²) in [5.41, 5.74) is 0. The molecule has 0 aromatic carbocycles. The van der Waals surface area contributed by atoms with Gasteiger partial charge in [0.15, 0.2) is 6.10 Å². The second-order valence-corrected chi connectivity index (χ2v) is 21.3. The van der Waals surface area contributed by atoms with E-state index in [4.69, 9.17) is 14.2 Å². The first-order valence-corrected chi connectivity index (χ1v) is 32.4. The van der Waals surface area contributed by atoms with Crippen molar-refractivity contribution < 1.29 is 28.6 Å². The Morgan fingerprint density at radius 3 is 0.792 bits per heavy atom. The Balaban J connectivity index is 4.39. The van der Waals surface area contributed by atoms with Gasteiger partial charge in [0.05, 0.1) is 0 Å². The molecule has 0 radical (unpaired) electrons. The van der Waals surface area contributed by atoms with Gasteiger partial charge in [-0.1, -0.05) is 265 Å². The zero-order chi connectivity index (χ0) is 55.7. The number of carbonyl (C=O) groups is 3. The van der Waals surface area contributed by atoms with Crippen molar-refractivity contribution in [2.75, 3.05) is 13.2 Å². The minimum absolute atomic E-state index is 0.0874. The van der Waals surface area contributed by atoms with Gasteiger partial charge >= 0.3 is 17.9 Å². The van der Waals surface area contributed by atoms with Crippen LogP contribution in [0.1, 0.15) is 303 Å². The Labute approximate surface area is 476 Å². The molecule has 1 atom stereocenters. The lowest BCUT2D eigenvalue weighted by Crippen LogP contribution is -2.30. The molecular weight excluding hydrogens is 949 g/mol. The molecule has 6 heteroatoms. The van der Waals surface area contributed by atoms with Gasteiger partial charge in [-0.05, 0) is 128 Å². The molecule has 6 nitrogen and oxygen atoms in total. The molecule has 0 saturated heterocycles. The third-order valence-electron chi connectivity index (χ3n) is 13.7. The highest BCUT2D eigenvalue weighted by atomic mass is 16.6. The maximum absolute atomic E-state index is 12.9. The van der Waals surface area contributed by atoms with Gasteiger partial charge in [-0.2, -0.15) is 0 Å². The molecule has 0 saturated carbocycles. The topological polar surface area (TPSA) is 78.9 Å². The van der Waals surface area contributed by atoms with Crippen molar-refractivity contribution in [3.8, 4) is 0 Å². The number of esters is 3. The maximum Gasteiger partial charge on any atom is 0.306 e. The average molecular weight is 1070 g/mol. The SMILES string of the molecule is CC/C=C\C/C=C\C/C=C\C/C=C\C/C=C\CCCCCCCCCCCC(=O)OCC(COC(=O)CCCCCCCCC/C=C\C/C=C\CCCCC)OC(=O)CCCCCCCCC/C=C\C/C=C\CCCCC. The standard InChI is InChI=1S/C71H120O6/c1-4-7-10-13-16-19-22-25-28-31-32-33-34-35-36-37-38-41-43-46-49-52-55-58-61-64-70(73)76-67-68(77-71(74)65-62-59-56-53-50-47-44-40-30-27-24-21-18-15-12-9-6-3)66-75-69(72)63-60-57-54-51-48-45-42-39-29-26-23-20-17-14-11-8-5-2/h7,10,16-21,25-30,32-33,35-36,68H,4-6,8-9,11-15,22-24,31,34,37-67H2,1-3H3/b10-7-,19-16-,20-17-,21-18-,28-25-,29-26-,30-27-,33-32-,36-35-. The first-order chi connectivity index (χ1) is 38.0. The van der Waals surface area contributed by atoms with Crippen LogP contribution in [0, 0.1) is 0 Å². The summed E-state index contributed by atoms with van der Waals surface area (Å²) in [6, 6.07) is 0. The first kappa shape index (κ1) is 73.1. The van der Waals surface area contributed by atoms with Crippen LogP contribution >= 0.6 is 0 Å². The molecule has 0 aliphatic heterocycles. The van der Waals surface area contributed by atoms with E-state index in [1.807, 2.05) is 0 Å². The fourth-order valence-electron chi connectivity index (χ4n) is 8.88. The van der Waals surface area contributed by atoms with E-state index in [2.05, 4.69) is 130 Å². The van der Waals surface area contributed by atoms with E-state index in [1.165, 1.54) is 141 Å². The van der Waals surface area contributed by atoms with Gasteiger partial charge in [0, 0.05) is 19.3 Å². The average Bonchev–Trinajstić information content (AvgIpc) is 3.43. The molecule has 0 heterocycles. The summed E-state index contributed by atoms with van der Waals surface area (Å²) in [4.78, 5) is 38.4. The summed E-state index contributed by atoms with van der Waals surface area (Å²) in [5, 5.41) is 0. The number of carbonyl (C=O) groups excluding carboxylic acids is 3. The van der Waals surface area contributed by atoms with Crippen LogP contribution in [0.4, 0.5) is 0 Å². The smallest absolute Gasteiger partial charge is 0.306 e. The molecule has 0 N–H and O–H groups in total. The number of hydrogen-bond acceptors (Lipinski definition) is 6. The summed E-state index contributed by atoms with van der Waals surface area (Å²) < 4.78 is 16.9. The van der Waals surface area contributed by atoms with Crippen LogP contribution in [0.25, 0.3) is 0 Å². The van der Waals surface area contributed by atoms with E-state index in [-0.39, 0.29) is 31.1 Å². The van der Waals surface area contributed by atoms with E-state index < -0.39 is 6.10 Å². The van der Waals surface area contributed by atoms with E-state index in [0.29, 0.717) is 19.3 Å². The van der Waals surface area contributed by atoms with Crippen LogP contribution in [0.3, 0.4) is 0 Å². The van der Waals surface area contributed by atoms with E-state index in [0.717, 1.165) is 122 Å². The van der Waals surface area contributed by atoms with Gasteiger partial charge < -0.3 is 14.2 Å². The van der Waals surface area contributed by atoms with Crippen LogP contribution in [0.2, 0.25) is 0 Å². The second kappa shape index (κ2) is 64.6. The van der Waals surface area contributed by atoms with Crippen LogP contribution in [0.15, 0.2) is 109 Å². The number of rotatable bonds is 58. The van der Waals surface area contributed by atoms with Crippen molar-refractivity contribution in [3.05, 3.63) is 109 Å². The fraction of sp³-hybridized carbons (Fsp3) is 0.704. The maximum atomic E-state index is 12.9. The third-order valence-corrected chi connectivity index (χ3v) is 13.7. The highest BCUT2D eigenvalue weighted by Crippen LogP contribution is 2.16. The number of ether oxygens (including phenoxy) is 3. The molecule has 0 aliphatic carbocycles. The zero-order valence-electron chi connectivity index (χ0n) is 50.4. The Morgan fingerprint density at radius 2 is 0.506 bits per heavy atom. The van der Waals surface area contributed by atoms with Gasteiger partial charge in [-0.15, -0.1) is 0 Å². The van der Waals surface area contributed by atoms with Crippen molar-refractivity contribution in [1.82, 2.24) is 0 Å². The lowest BCUT2D eigenvalue weighted by Gasteiger charge is -2.18. The number of unbranched alkanes of at least 4 members (excludes halogenated alkanes) is 29. The summed E-state index contributed by atoms with van der Waals surface area (Å²) >= 11 is 0. The zero-order valence-corrected chi connectivity index (χ0v) is 50.4. The van der Waals surface area contributed by atoms with Crippen molar-refractivity contribution in [2.24, 2.45) is 0 Å². The summed E-state index contributed by atoms with van der Waals surface area (Å²) in [7, 11) is 0. The minimum atomic E-state index is -0.791. The van der Waals surface area contributed by atoms with Crippen LogP contribution in [-0.2, 0) is 28.6 Å². The van der Waals surface area contributed by atoms with Crippen LogP contribution in [-0.4, -0.2) is 37.2 Å². The fourth-order valence-corrected chi connectivity index (χ4v) is 8.88. The Bertz CT molecular complexity index is 1560. The van der Waals surface area contributed by atoms with Crippen molar-refractivity contribution in [1.29, 1.82) is 0 Å². The van der Waals surface area contributed by atoms with Crippen LogP contribution < -0.4 is 0 Å². The Hall–Kier alpha value is -3.93. The largest absolute Gasteiger partial charge is 0.462 e. The molecule has 0 amide bonds. The molecule has 0 aromatic rings. The van der Waals surface area contributed by atoms with Crippen molar-refractivity contribution in [2.45, 2.75) is 309 Å². The predicted molar refractivity (Wildman–Crippen MR) is 334 cm³/mol. The van der Waals surface area contributed by atoms with Gasteiger partial charge in [0.25, 0.3) is 0 Å². The van der Waals surface area contributed by atoms with Gasteiger partial charge in [0.2, 0.25) is 0 Å². The highest BCUT2D eigenvalue weighted by Gasteiger charge is 2.19. The lowest BCUT2D eigenvalue weighted by atomic mass is 10.1. The third kappa shape index (κ3) is 62.8. The number of hydrogen-bond donors (Lipinski definition) is 0. The molecule has 0 aliphatic rings. The molecule has 0 rings (SSSR count). The molecular formula is C71H120O6. The summed E-state index contributed by atoms with van der Waals surface area (Å²) in [6.07, 6.45) is 88.0. The first-order valence-electron chi connectivity index (χ1n) is 32.4. The van der Waals surface area contributed by atoms with E-state index in [1.54, 1.807) is 0 Å². The molecule has 0 fully saturated rings. The lowest BCUT2D eigenvalue weighted by molar-refractivity contribution is -0.167. The van der Waals surface area contributed by atoms with E-state index >= 15 is 0 Å². The monoisotopic (exact) mass is 1070 g/mol. The molecule has 77 heavy (non-hydrogen) atoms. The Morgan fingerprint density at radius 1 is 0.273 bits per heavy atom. The normalized spacial score (nSPS) is 12.8. The quantitative estimate of drug-likeness (QED) is 0.0261. The van der Waals surface area contributed by atoms with Crippen LogP contribution in [0.5, 0.6) is 0 Å². The Kier molecular flexibility index (Phi) is 61.3. The minimum Gasteiger partial charge on any atom is -0.462 e. The number of allylic oxidation sites excluding steroid dienone is 18. The second-order valence-electron chi connectivity index (χ2n) is 21.3. The van der Waals surface area contributed by atoms with E-state index in [9.17, 15) is 14.4 Å². The molecule has 1 unspecified atom stereocenters. The van der Waals surface area contributed by atoms with Gasteiger partial charge in [-0.25, -0.2) is 0 Å². The van der Waals surface area contributed by atoms with Crippen molar-refractivity contribution >= 4 is 17.9 Å². The molecule has 440 valence electrons. The van der Waals surface area contributed by atoms with Crippen molar-refractivity contribution in [3.63, 3.8) is 0 Å². The highest BCUT2D eigenvalue weighted by molar-refractivity contribution is 5.71. The van der Waals surface area contributed by atoms with Gasteiger partial charge in [0.1, 0.15) is 13.2 Å². The molecule has 0 aromatic heterocycles. The molecule has 0 spiro atoms. The summed E-state index contributed by atoms with van der Waals surface area (Å²) in [6.45, 7) is 6.48. The molecule has 0 bridgehead atoms.